The van der Waals surface area contributed by atoms with Crippen LogP contribution in [0.25, 0.3) is 17.0 Å². The molecule has 0 N–H and O–H groups in total. The van der Waals surface area contributed by atoms with Crippen molar-refractivity contribution in [1.82, 2.24) is 14.6 Å². The van der Waals surface area contributed by atoms with E-state index in [-0.39, 0.29) is 0 Å². The summed E-state index contributed by atoms with van der Waals surface area (Å²) >= 11 is 3.41. The minimum Gasteiger partial charge on any atom is -0.481 e. The number of ether oxygens (including phenoxy) is 1. The number of hydrogen-bond acceptors (Lipinski definition) is 3. The monoisotopic (exact) mass is 303 g/mol. The van der Waals surface area contributed by atoms with Crippen molar-refractivity contribution in [1.29, 1.82) is 0 Å². The van der Waals surface area contributed by atoms with E-state index in [1.807, 2.05) is 42.5 Å². The molecule has 0 fully saturated rings. The zero-order valence-corrected chi connectivity index (χ0v) is 11.3. The highest BCUT2D eigenvalue weighted by atomic mass is 79.9. The Bertz CT molecular complexity index is 691. The molecule has 2 aromatic heterocycles. The van der Waals surface area contributed by atoms with E-state index < -0.39 is 0 Å². The summed E-state index contributed by atoms with van der Waals surface area (Å²) in [4.78, 5) is 4.48. The summed E-state index contributed by atoms with van der Waals surface area (Å²) < 4.78 is 7.98. The van der Waals surface area contributed by atoms with Crippen molar-refractivity contribution in [3.63, 3.8) is 0 Å². The fourth-order valence-corrected chi connectivity index (χ4v) is 2.02. The van der Waals surface area contributed by atoms with Gasteiger partial charge in [0.2, 0.25) is 5.88 Å². The van der Waals surface area contributed by atoms with E-state index in [4.69, 9.17) is 4.74 Å². The number of pyridine rings is 1. The van der Waals surface area contributed by atoms with Crippen LogP contribution in [0.1, 0.15) is 0 Å². The second-order valence-corrected chi connectivity index (χ2v) is 4.70. The van der Waals surface area contributed by atoms with Crippen LogP contribution in [0, 0.1) is 0 Å². The zero-order chi connectivity index (χ0) is 12.5. The molecule has 0 radical (unpaired) electrons. The lowest BCUT2D eigenvalue weighted by atomic mass is 10.2. The average Bonchev–Trinajstić information content (AvgIpc) is 2.83. The fraction of sp³-hybridized carbons (Fsp3) is 0.0769. The Morgan fingerprint density at radius 1 is 1.11 bits per heavy atom. The molecular formula is C13H10BrN3O. The van der Waals surface area contributed by atoms with E-state index in [1.165, 1.54) is 0 Å². The molecule has 3 rings (SSSR count). The third kappa shape index (κ3) is 1.86. The molecule has 0 saturated carbocycles. The topological polar surface area (TPSA) is 39.4 Å². The molecule has 5 heteroatoms. The fourth-order valence-electron chi connectivity index (χ4n) is 1.76. The summed E-state index contributed by atoms with van der Waals surface area (Å²) in [7, 11) is 1.62. The van der Waals surface area contributed by atoms with Crippen molar-refractivity contribution in [2.75, 3.05) is 7.11 Å². The van der Waals surface area contributed by atoms with Gasteiger partial charge in [0, 0.05) is 16.1 Å². The first kappa shape index (κ1) is 11.2. The van der Waals surface area contributed by atoms with Crippen LogP contribution < -0.4 is 4.74 Å². The highest BCUT2D eigenvalue weighted by Crippen LogP contribution is 2.21. The van der Waals surface area contributed by atoms with Crippen LogP contribution in [0.5, 0.6) is 5.88 Å². The van der Waals surface area contributed by atoms with Crippen molar-refractivity contribution in [2.45, 2.75) is 0 Å². The molecule has 0 atom stereocenters. The first-order chi connectivity index (χ1) is 8.78. The van der Waals surface area contributed by atoms with Crippen LogP contribution in [0.4, 0.5) is 0 Å². The largest absolute Gasteiger partial charge is 0.481 e. The van der Waals surface area contributed by atoms with Gasteiger partial charge in [0.25, 0.3) is 0 Å². The number of halogens is 1. The molecule has 18 heavy (non-hydrogen) atoms. The summed E-state index contributed by atoms with van der Waals surface area (Å²) in [6.07, 6.45) is 0. The van der Waals surface area contributed by atoms with Gasteiger partial charge in [-0.3, -0.25) is 0 Å². The molecule has 90 valence electrons. The maximum absolute atomic E-state index is 5.25. The maximum atomic E-state index is 5.25. The summed E-state index contributed by atoms with van der Waals surface area (Å²) in [5.41, 5.74) is 1.75. The summed E-state index contributed by atoms with van der Waals surface area (Å²) in [6, 6.07) is 13.5. The first-order valence-electron chi connectivity index (χ1n) is 5.43. The molecule has 0 spiro atoms. The minimum atomic E-state index is 0.670. The number of hydrogen-bond donors (Lipinski definition) is 0. The van der Waals surface area contributed by atoms with Crippen molar-refractivity contribution in [3.8, 4) is 17.3 Å². The molecular weight excluding hydrogens is 294 g/mol. The molecule has 0 unspecified atom stereocenters. The molecule has 4 nitrogen and oxygen atoms in total. The normalized spacial score (nSPS) is 10.8. The van der Waals surface area contributed by atoms with E-state index in [0.717, 1.165) is 15.7 Å². The van der Waals surface area contributed by atoms with Gasteiger partial charge in [0.1, 0.15) is 0 Å². The van der Waals surface area contributed by atoms with Crippen LogP contribution >= 0.6 is 15.9 Å². The molecule has 0 bridgehead atoms. The third-order valence-corrected chi connectivity index (χ3v) is 3.17. The molecule has 0 aliphatic rings. The Hall–Kier alpha value is -1.88. The van der Waals surface area contributed by atoms with Gasteiger partial charge in [-0.2, -0.15) is 4.52 Å². The highest BCUT2D eigenvalue weighted by Gasteiger charge is 2.08. The second kappa shape index (κ2) is 4.42. The Labute approximate surface area is 112 Å². The summed E-state index contributed by atoms with van der Waals surface area (Å²) in [5, 5.41) is 4.45. The van der Waals surface area contributed by atoms with Gasteiger partial charge in [-0.15, -0.1) is 5.10 Å². The van der Waals surface area contributed by atoms with Crippen LogP contribution in [0.3, 0.4) is 0 Å². The standard InChI is InChI=1S/C13H10BrN3O/c1-18-12-4-2-3-11-15-13(16-17(11)12)9-5-7-10(14)8-6-9/h2-8H,1H3. The van der Waals surface area contributed by atoms with E-state index in [2.05, 4.69) is 26.0 Å². The van der Waals surface area contributed by atoms with E-state index in [9.17, 15) is 0 Å². The van der Waals surface area contributed by atoms with Crippen LogP contribution in [-0.4, -0.2) is 21.7 Å². The smallest absolute Gasteiger partial charge is 0.216 e. The molecule has 3 aromatic rings. The van der Waals surface area contributed by atoms with Crippen LogP contribution in [0.2, 0.25) is 0 Å². The van der Waals surface area contributed by atoms with Gasteiger partial charge in [-0.05, 0) is 18.2 Å². The number of nitrogens with zero attached hydrogens (tertiary/aromatic N) is 3. The molecule has 0 saturated heterocycles. The van der Waals surface area contributed by atoms with Crippen molar-refractivity contribution < 1.29 is 4.74 Å². The Morgan fingerprint density at radius 2 is 1.89 bits per heavy atom. The van der Waals surface area contributed by atoms with Gasteiger partial charge < -0.3 is 4.74 Å². The summed E-state index contributed by atoms with van der Waals surface area (Å²) in [5.74, 6) is 1.36. The molecule has 2 heterocycles. The quantitative estimate of drug-likeness (QED) is 0.730. The van der Waals surface area contributed by atoms with Gasteiger partial charge in [-0.25, -0.2) is 4.98 Å². The molecule has 0 aliphatic carbocycles. The number of methoxy groups -OCH3 is 1. The Balaban J connectivity index is 2.16. The number of benzene rings is 1. The van der Waals surface area contributed by atoms with Crippen molar-refractivity contribution in [2.24, 2.45) is 0 Å². The average molecular weight is 304 g/mol. The highest BCUT2D eigenvalue weighted by molar-refractivity contribution is 9.10. The lowest BCUT2D eigenvalue weighted by Gasteiger charge is -1.99. The SMILES string of the molecule is COc1cccc2nc(-c3ccc(Br)cc3)nn12. The maximum Gasteiger partial charge on any atom is 0.216 e. The Morgan fingerprint density at radius 3 is 2.61 bits per heavy atom. The van der Waals surface area contributed by atoms with Crippen LogP contribution in [-0.2, 0) is 0 Å². The first-order valence-corrected chi connectivity index (χ1v) is 6.23. The van der Waals surface area contributed by atoms with Gasteiger partial charge >= 0.3 is 0 Å². The van der Waals surface area contributed by atoms with E-state index in [1.54, 1.807) is 11.6 Å². The second-order valence-electron chi connectivity index (χ2n) is 3.78. The zero-order valence-electron chi connectivity index (χ0n) is 9.67. The third-order valence-electron chi connectivity index (χ3n) is 2.64. The Kier molecular flexibility index (Phi) is 2.76. The summed E-state index contributed by atoms with van der Waals surface area (Å²) in [6.45, 7) is 0. The number of aromatic nitrogens is 3. The van der Waals surface area contributed by atoms with Gasteiger partial charge in [-0.1, -0.05) is 34.1 Å². The van der Waals surface area contributed by atoms with Gasteiger partial charge in [0.15, 0.2) is 11.5 Å². The number of fused-ring (bicyclic) bond motifs is 1. The lowest BCUT2D eigenvalue weighted by molar-refractivity contribution is 0.386. The van der Waals surface area contributed by atoms with Crippen LogP contribution in [0.15, 0.2) is 46.9 Å². The predicted octanol–water partition coefficient (Wildman–Crippen LogP) is 3.17. The van der Waals surface area contributed by atoms with E-state index >= 15 is 0 Å². The lowest BCUT2D eigenvalue weighted by Crippen LogP contribution is -1.94. The molecule has 0 amide bonds. The minimum absolute atomic E-state index is 0.670. The van der Waals surface area contributed by atoms with Gasteiger partial charge in [0.05, 0.1) is 7.11 Å². The predicted molar refractivity (Wildman–Crippen MR) is 72.7 cm³/mol. The van der Waals surface area contributed by atoms with Crippen molar-refractivity contribution in [3.05, 3.63) is 46.9 Å². The number of rotatable bonds is 2. The van der Waals surface area contributed by atoms with Crippen molar-refractivity contribution >= 4 is 21.6 Å². The van der Waals surface area contributed by atoms with E-state index in [0.29, 0.717) is 11.7 Å². The molecule has 0 aliphatic heterocycles. The molecule has 1 aromatic carbocycles.